The lowest BCUT2D eigenvalue weighted by atomic mass is 9.80. The summed E-state index contributed by atoms with van der Waals surface area (Å²) in [7, 11) is 3.30. The molecule has 1 unspecified atom stereocenters. The molecule has 7 aromatic rings. The van der Waals surface area contributed by atoms with Gasteiger partial charge in [0.1, 0.15) is 51.1 Å². The van der Waals surface area contributed by atoms with Gasteiger partial charge in [-0.1, -0.05) is 84.4 Å². The molecule has 0 N–H and O–H groups in total. The molecular formula is C47H42ClFN2O5S. The van der Waals surface area contributed by atoms with Crippen molar-refractivity contribution in [3.05, 3.63) is 173 Å². The molecular weight excluding hydrogens is 759 g/mol. The van der Waals surface area contributed by atoms with E-state index in [1.54, 1.807) is 32.4 Å². The Morgan fingerprint density at radius 2 is 1.35 bits per heavy atom. The summed E-state index contributed by atoms with van der Waals surface area (Å²) in [6.45, 7) is 8.65. The number of aromatic nitrogens is 2. The summed E-state index contributed by atoms with van der Waals surface area (Å²) in [5, 5.41) is 1.10. The third-order valence-electron chi connectivity index (χ3n) is 9.81. The van der Waals surface area contributed by atoms with E-state index in [4.69, 9.17) is 35.3 Å². The van der Waals surface area contributed by atoms with E-state index in [9.17, 15) is 4.39 Å². The van der Waals surface area contributed by atoms with Gasteiger partial charge in [-0.05, 0) is 101 Å². The first-order valence-corrected chi connectivity index (χ1v) is 19.6. The zero-order chi connectivity index (χ0) is 39.9. The van der Waals surface area contributed by atoms with E-state index in [2.05, 4.69) is 28.7 Å². The normalized spacial score (nSPS) is 12.0. The number of nitrogens with zero attached hydrogens (tertiary/aromatic N) is 2. The van der Waals surface area contributed by atoms with E-state index in [-0.39, 0.29) is 19.0 Å². The molecule has 2 aromatic heterocycles. The minimum atomic E-state index is -1.05. The Morgan fingerprint density at radius 1 is 0.754 bits per heavy atom. The summed E-state index contributed by atoms with van der Waals surface area (Å²) in [5.41, 5.74) is 6.34. The van der Waals surface area contributed by atoms with Crippen LogP contribution >= 0.6 is 22.9 Å². The van der Waals surface area contributed by atoms with Crippen LogP contribution < -0.4 is 14.2 Å². The number of thiophene rings is 1. The molecule has 0 spiro atoms. The van der Waals surface area contributed by atoms with Crippen molar-refractivity contribution >= 4 is 33.2 Å². The van der Waals surface area contributed by atoms with Crippen molar-refractivity contribution in [2.24, 2.45) is 0 Å². The molecule has 0 aliphatic rings. The van der Waals surface area contributed by atoms with Crippen molar-refractivity contribution in [3.63, 3.8) is 0 Å². The summed E-state index contributed by atoms with van der Waals surface area (Å²) >= 11 is 8.26. The molecule has 5 aromatic carbocycles. The van der Waals surface area contributed by atoms with Gasteiger partial charge in [0.05, 0.1) is 39.4 Å². The second-order valence-corrected chi connectivity index (χ2v) is 14.8. The molecule has 290 valence electrons. The lowest BCUT2D eigenvalue weighted by Gasteiger charge is -2.37. The largest absolute Gasteiger partial charge is 0.497 e. The third-order valence-corrected chi connectivity index (χ3v) is 11.2. The number of methoxy groups -OCH3 is 2. The van der Waals surface area contributed by atoms with Crippen LogP contribution in [0.2, 0.25) is 5.15 Å². The molecule has 0 bridgehead atoms. The SMILES string of the molecule is C=CCOCC(COC(c1ccccc1)(c1ccc(OC)cc1)c1ccc(OC)cc1)Oc1cc(C)c(-c2c(-c3ccc(F)cc3)sc3ncnc(Cl)c23)c(C)c1. The second-order valence-electron chi connectivity index (χ2n) is 13.5. The molecule has 0 saturated carbocycles. The molecule has 57 heavy (non-hydrogen) atoms. The lowest BCUT2D eigenvalue weighted by Crippen LogP contribution is -2.38. The molecule has 7 rings (SSSR count). The number of fused-ring (bicyclic) bond motifs is 1. The van der Waals surface area contributed by atoms with Gasteiger partial charge in [0.25, 0.3) is 0 Å². The van der Waals surface area contributed by atoms with Gasteiger partial charge in [0, 0.05) is 10.4 Å². The average molecular weight is 801 g/mol. The van der Waals surface area contributed by atoms with Crippen LogP contribution in [0.3, 0.4) is 0 Å². The molecule has 7 nitrogen and oxygen atoms in total. The number of hydrogen-bond donors (Lipinski definition) is 0. The van der Waals surface area contributed by atoms with Gasteiger partial charge >= 0.3 is 0 Å². The predicted octanol–water partition coefficient (Wildman–Crippen LogP) is 11.4. The van der Waals surface area contributed by atoms with Crippen molar-refractivity contribution in [2.45, 2.75) is 25.6 Å². The van der Waals surface area contributed by atoms with Crippen molar-refractivity contribution in [1.82, 2.24) is 9.97 Å². The van der Waals surface area contributed by atoms with Crippen molar-refractivity contribution in [2.75, 3.05) is 34.0 Å². The molecule has 0 saturated heterocycles. The zero-order valence-corrected chi connectivity index (χ0v) is 33.7. The second kappa shape index (κ2) is 17.7. The standard InChI is InChI=1S/C47H42ClFN2O5S/c1-6-24-54-27-40(28-55-47(33-10-8-7-9-11-33,34-14-20-37(52-4)21-15-34)35-16-22-38(53-5)23-17-35)56-39-25-30(2)41(31(3)26-39)42-43-45(48)50-29-51-46(43)57-44(42)32-12-18-36(49)19-13-32/h6-23,25-26,29,40H,1,24,27-28H2,2-5H3. The topological polar surface area (TPSA) is 71.9 Å². The zero-order valence-electron chi connectivity index (χ0n) is 32.1. The van der Waals surface area contributed by atoms with E-state index in [0.717, 1.165) is 71.1 Å². The van der Waals surface area contributed by atoms with Crippen LogP contribution in [0.15, 0.2) is 134 Å². The van der Waals surface area contributed by atoms with Gasteiger partial charge in [0.2, 0.25) is 0 Å². The molecule has 1 atom stereocenters. The van der Waals surface area contributed by atoms with Crippen LogP contribution in [-0.2, 0) is 15.1 Å². The monoisotopic (exact) mass is 800 g/mol. The minimum Gasteiger partial charge on any atom is -0.497 e. The Labute approximate surface area is 341 Å². The highest BCUT2D eigenvalue weighted by Gasteiger charge is 2.39. The van der Waals surface area contributed by atoms with Crippen LogP contribution in [0.4, 0.5) is 4.39 Å². The predicted molar refractivity (Wildman–Crippen MR) is 226 cm³/mol. The van der Waals surface area contributed by atoms with Gasteiger partial charge in [-0.15, -0.1) is 17.9 Å². The first kappa shape index (κ1) is 39.6. The molecule has 0 radical (unpaired) electrons. The highest BCUT2D eigenvalue weighted by Crippen LogP contribution is 2.48. The fraction of sp³-hybridized carbons (Fsp3) is 0.191. The van der Waals surface area contributed by atoms with E-state index < -0.39 is 11.7 Å². The van der Waals surface area contributed by atoms with Crippen LogP contribution in [0.5, 0.6) is 17.2 Å². The summed E-state index contributed by atoms with van der Waals surface area (Å²) in [4.78, 5) is 10.5. The minimum absolute atomic E-state index is 0.154. The number of rotatable bonds is 16. The molecule has 0 amide bonds. The highest BCUT2D eigenvalue weighted by atomic mass is 35.5. The highest BCUT2D eigenvalue weighted by molar-refractivity contribution is 7.22. The maximum absolute atomic E-state index is 14.0. The van der Waals surface area contributed by atoms with Gasteiger partial charge in [-0.3, -0.25) is 0 Å². The Bertz CT molecular complexity index is 2390. The maximum Gasteiger partial charge on any atom is 0.145 e. The number of halogens is 2. The number of aryl methyl sites for hydroxylation is 2. The van der Waals surface area contributed by atoms with Gasteiger partial charge in [0.15, 0.2) is 0 Å². The number of benzene rings is 5. The summed E-state index contributed by atoms with van der Waals surface area (Å²) in [6.07, 6.45) is 2.64. The van der Waals surface area contributed by atoms with E-state index in [1.807, 2.05) is 92.7 Å². The number of hydrogen-bond acceptors (Lipinski definition) is 8. The van der Waals surface area contributed by atoms with Crippen molar-refractivity contribution < 1.29 is 28.1 Å². The number of ether oxygens (including phenoxy) is 5. The molecule has 0 aliphatic heterocycles. The van der Waals surface area contributed by atoms with E-state index in [0.29, 0.717) is 17.5 Å². The van der Waals surface area contributed by atoms with E-state index >= 15 is 0 Å². The first-order chi connectivity index (χ1) is 27.7. The Kier molecular flexibility index (Phi) is 12.3. The molecule has 0 aliphatic carbocycles. The quantitative estimate of drug-likeness (QED) is 0.0417. The Morgan fingerprint density at radius 3 is 1.93 bits per heavy atom. The first-order valence-electron chi connectivity index (χ1n) is 18.4. The summed E-state index contributed by atoms with van der Waals surface area (Å²) in [6, 6.07) is 36.5. The van der Waals surface area contributed by atoms with Crippen molar-refractivity contribution in [1.29, 1.82) is 0 Å². The summed E-state index contributed by atoms with van der Waals surface area (Å²) in [5.74, 6) is 1.81. The third kappa shape index (κ3) is 8.29. The Hall–Kier alpha value is -5.58. The fourth-order valence-electron chi connectivity index (χ4n) is 7.21. The van der Waals surface area contributed by atoms with Crippen LogP contribution in [0.1, 0.15) is 27.8 Å². The molecule has 10 heteroatoms. The van der Waals surface area contributed by atoms with E-state index in [1.165, 1.54) is 29.8 Å². The van der Waals surface area contributed by atoms with Crippen LogP contribution in [0.25, 0.3) is 31.8 Å². The fourth-order valence-corrected chi connectivity index (χ4v) is 8.65. The average Bonchev–Trinajstić information content (AvgIpc) is 3.62. The van der Waals surface area contributed by atoms with Crippen LogP contribution in [0, 0.1) is 19.7 Å². The molecule has 2 heterocycles. The van der Waals surface area contributed by atoms with Gasteiger partial charge < -0.3 is 23.7 Å². The molecule has 0 fully saturated rings. The van der Waals surface area contributed by atoms with Crippen LogP contribution in [-0.4, -0.2) is 50.1 Å². The smallest absolute Gasteiger partial charge is 0.145 e. The van der Waals surface area contributed by atoms with Gasteiger partial charge in [-0.25, -0.2) is 14.4 Å². The maximum atomic E-state index is 14.0. The van der Waals surface area contributed by atoms with Gasteiger partial charge in [-0.2, -0.15) is 0 Å². The Balaban J connectivity index is 1.28. The van der Waals surface area contributed by atoms with Crippen molar-refractivity contribution in [3.8, 4) is 38.8 Å². The lowest BCUT2D eigenvalue weighted by molar-refractivity contribution is -0.0524. The summed E-state index contributed by atoms with van der Waals surface area (Å²) < 4.78 is 45.1.